The van der Waals surface area contributed by atoms with Gasteiger partial charge in [-0.3, -0.25) is 4.57 Å². The molecule has 0 aliphatic rings. The zero-order chi connectivity index (χ0) is 14.3. The fraction of sp³-hybridized carbons (Fsp3) is 0. The van der Waals surface area contributed by atoms with Crippen molar-refractivity contribution < 1.29 is 0 Å². The van der Waals surface area contributed by atoms with Crippen molar-refractivity contribution in [3.8, 4) is 11.8 Å². The van der Waals surface area contributed by atoms with Gasteiger partial charge in [0.15, 0.2) is 10.4 Å². The van der Waals surface area contributed by atoms with E-state index in [4.69, 9.17) is 12.2 Å². The molecule has 1 aromatic carbocycles. The van der Waals surface area contributed by atoms with Crippen LogP contribution >= 0.6 is 44.1 Å². The molecule has 0 amide bonds. The van der Waals surface area contributed by atoms with E-state index in [1.807, 2.05) is 18.2 Å². The van der Waals surface area contributed by atoms with E-state index in [0.717, 1.165) is 14.5 Å². The minimum Gasteiger partial charge on any atom is -0.329 e. The van der Waals surface area contributed by atoms with Gasteiger partial charge in [0.1, 0.15) is 6.07 Å². The van der Waals surface area contributed by atoms with Crippen LogP contribution in [0.1, 0.15) is 5.56 Å². The summed E-state index contributed by atoms with van der Waals surface area (Å²) in [5, 5.41) is 9.26. The third-order valence-corrected chi connectivity index (χ3v) is 4.02. The molecule has 2 heterocycles. The predicted molar refractivity (Wildman–Crippen MR) is 86.4 cm³/mol. The van der Waals surface area contributed by atoms with Gasteiger partial charge in [-0.25, -0.2) is 4.98 Å². The van der Waals surface area contributed by atoms with Crippen LogP contribution in [0.3, 0.4) is 0 Å². The first-order valence-electron chi connectivity index (χ1n) is 5.56. The first kappa shape index (κ1) is 13.5. The van der Waals surface area contributed by atoms with Crippen molar-refractivity contribution >= 4 is 55.2 Å². The molecule has 7 heteroatoms. The van der Waals surface area contributed by atoms with Crippen LogP contribution in [-0.2, 0) is 0 Å². The standard InChI is InChI=1S/C13H6Br2N4S/c14-8-2-1-7(5-16)11(4-8)19-12-10(18-13(19)20)3-9(15)6-17-12/h1-4,6H,(H,18,20). The summed E-state index contributed by atoms with van der Waals surface area (Å²) >= 11 is 12.1. The van der Waals surface area contributed by atoms with E-state index in [1.165, 1.54) is 0 Å². The van der Waals surface area contributed by atoms with Crippen molar-refractivity contribution in [2.24, 2.45) is 0 Å². The number of halogens is 2. The summed E-state index contributed by atoms with van der Waals surface area (Å²) in [6.07, 6.45) is 1.70. The van der Waals surface area contributed by atoms with Crippen LogP contribution in [0, 0.1) is 16.1 Å². The number of imidazole rings is 1. The molecule has 0 spiro atoms. The van der Waals surface area contributed by atoms with E-state index in [-0.39, 0.29) is 0 Å². The van der Waals surface area contributed by atoms with Crippen LogP contribution in [0.15, 0.2) is 39.4 Å². The van der Waals surface area contributed by atoms with Gasteiger partial charge in [-0.05, 0) is 52.4 Å². The third-order valence-electron chi connectivity index (χ3n) is 2.81. The number of benzene rings is 1. The van der Waals surface area contributed by atoms with Gasteiger partial charge < -0.3 is 4.98 Å². The lowest BCUT2D eigenvalue weighted by molar-refractivity contribution is 1.04. The molecule has 0 unspecified atom stereocenters. The minimum absolute atomic E-state index is 0.500. The second-order valence-corrected chi connectivity index (χ2v) is 6.28. The highest BCUT2D eigenvalue weighted by Crippen LogP contribution is 2.25. The largest absolute Gasteiger partial charge is 0.329 e. The average Bonchev–Trinajstić information content (AvgIpc) is 2.73. The van der Waals surface area contributed by atoms with Crippen molar-refractivity contribution in [2.45, 2.75) is 0 Å². The molecule has 0 aliphatic carbocycles. The van der Waals surface area contributed by atoms with Gasteiger partial charge in [-0.15, -0.1) is 0 Å². The molecule has 2 aromatic heterocycles. The fourth-order valence-electron chi connectivity index (χ4n) is 1.98. The number of fused-ring (bicyclic) bond motifs is 1. The molecule has 98 valence electrons. The highest BCUT2D eigenvalue weighted by Gasteiger charge is 2.12. The topological polar surface area (TPSA) is 57.4 Å². The van der Waals surface area contributed by atoms with Crippen molar-refractivity contribution in [1.29, 1.82) is 5.26 Å². The Labute approximate surface area is 136 Å². The van der Waals surface area contributed by atoms with Gasteiger partial charge in [0.25, 0.3) is 0 Å². The fourth-order valence-corrected chi connectivity index (χ4v) is 2.95. The quantitative estimate of drug-likeness (QED) is 0.602. The molecular weight excluding hydrogens is 404 g/mol. The summed E-state index contributed by atoms with van der Waals surface area (Å²) in [6, 6.07) is 9.50. The number of aromatic amines is 1. The Kier molecular flexibility index (Phi) is 3.46. The number of pyridine rings is 1. The second-order valence-electron chi connectivity index (χ2n) is 4.06. The number of hydrogen-bond acceptors (Lipinski definition) is 3. The lowest BCUT2D eigenvalue weighted by Crippen LogP contribution is -1.99. The molecule has 1 N–H and O–H groups in total. The van der Waals surface area contributed by atoms with Crippen LogP contribution in [0.4, 0.5) is 0 Å². The van der Waals surface area contributed by atoms with Gasteiger partial charge in [0.05, 0.1) is 16.8 Å². The van der Waals surface area contributed by atoms with E-state index in [1.54, 1.807) is 16.8 Å². The Morgan fingerprint density at radius 3 is 2.80 bits per heavy atom. The molecule has 20 heavy (non-hydrogen) atoms. The monoisotopic (exact) mass is 408 g/mol. The van der Waals surface area contributed by atoms with Crippen LogP contribution < -0.4 is 0 Å². The van der Waals surface area contributed by atoms with Crippen LogP contribution in [-0.4, -0.2) is 14.5 Å². The summed E-state index contributed by atoms with van der Waals surface area (Å²) in [7, 11) is 0. The van der Waals surface area contributed by atoms with E-state index in [9.17, 15) is 5.26 Å². The van der Waals surface area contributed by atoms with Crippen LogP contribution in [0.2, 0.25) is 0 Å². The summed E-state index contributed by atoms with van der Waals surface area (Å²) in [5.74, 6) is 0. The Morgan fingerprint density at radius 1 is 1.25 bits per heavy atom. The van der Waals surface area contributed by atoms with Gasteiger partial charge in [-0.1, -0.05) is 15.9 Å². The molecule has 3 aromatic rings. The van der Waals surface area contributed by atoms with Crippen molar-refractivity contribution in [3.05, 3.63) is 49.7 Å². The van der Waals surface area contributed by atoms with Gasteiger partial charge >= 0.3 is 0 Å². The Balaban J connectivity index is 2.41. The van der Waals surface area contributed by atoms with Crippen LogP contribution in [0.5, 0.6) is 0 Å². The number of hydrogen-bond donors (Lipinski definition) is 1. The minimum atomic E-state index is 0.500. The van der Waals surface area contributed by atoms with Crippen molar-refractivity contribution in [2.75, 3.05) is 0 Å². The number of nitrogens with one attached hydrogen (secondary N) is 1. The highest BCUT2D eigenvalue weighted by molar-refractivity contribution is 9.10. The summed E-state index contributed by atoms with van der Waals surface area (Å²) in [6.45, 7) is 0. The first-order valence-corrected chi connectivity index (χ1v) is 7.56. The summed E-state index contributed by atoms with van der Waals surface area (Å²) < 4.78 is 4.00. The predicted octanol–water partition coefficient (Wildman–Crippen LogP) is 4.48. The summed E-state index contributed by atoms with van der Waals surface area (Å²) in [4.78, 5) is 7.47. The van der Waals surface area contributed by atoms with Gasteiger partial charge in [0, 0.05) is 15.1 Å². The van der Waals surface area contributed by atoms with Gasteiger partial charge in [0.2, 0.25) is 0 Å². The van der Waals surface area contributed by atoms with Crippen molar-refractivity contribution in [3.63, 3.8) is 0 Å². The smallest absolute Gasteiger partial charge is 0.184 e. The molecule has 0 saturated carbocycles. The number of H-pyrrole nitrogens is 1. The lowest BCUT2D eigenvalue weighted by atomic mass is 10.2. The Bertz CT molecular complexity index is 920. The molecule has 0 saturated heterocycles. The second kappa shape index (κ2) is 5.13. The SMILES string of the molecule is N#Cc1ccc(Br)cc1-n1c(=S)[nH]c2cc(Br)cnc21. The van der Waals surface area contributed by atoms with Gasteiger partial charge in [-0.2, -0.15) is 5.26 Å². The third kappa shape index (κ3) is 2.20. The van der Waals surface area contributed by atoms with E-state index in [2.05, 4.69) is 47.9 Å². The van der Waals surface area contributed by atoms with Crippen molar-refractivity contribution in [1.82, 2.24) is 14.5 Å². The van der Waals surface area contributed by atoms with E-state index in [0.29, 0.717) is 21.7 Å². The molecule has 0 atom stereocenters. The average molecular weight is 410 g/mol. The molecule has 3 rings (SSSR count). The van der Waals surface area contributed by atoms with E-state index >= 15 is 0 Å². The summed E-state index contributed by atoms with van der Waals surface area (Å²) in [5.41, 5.74) is 2.74. The molecule has 0 fully saturated rings. The van der Waals surface area contributed by atoms with E-state index < -0.39 is 0 Å². The zero-order valence-electron chi connectivity index (χ0n) is 9.89. The molecule has 0 bridgehead atoms. The number of nitriles is 1. The first-order chi connectivity index (χ1) is 9.60. The highest BCUT2D eigenvalue weighted by atomic mass is 79.9. The number of aromatic nitrogens is 3. The maximum atomic E-state index is 9.26. The molecule has 0 radical (unpaired) electrons. The molecule has 4 nitrogen and oxygen atoms in total. The molecular formula is C13H6Br2N4S. The maximum absolute atomic E-state index is 9.26. The lowest BCUT2D eigenvalue weighted by Gasteiger charge is -2.06. The number of rotatable bonds is 1. The normalized spacial score (nSPS) is 10.7. The van der Waals surface area contributed by atoms with Crippen LogP contribution in [0.25, 0.3) is 16.9 Å². The number of nitrogens with zero attached hydrogens (tertiary/aromatic N) is 3. The zero-order valence-corrected chi connectivity index (χ0v) is 13.9. The maximum Gasteiger partial charge on any atom is 0.184 e. The molecule has 0 aliphatic heterocycles. The Morgan fingerprint density at radius 2 is 2.05 bits per heavy atom. The Hall–Kier alpha value is -1.49.